The molecule has 0 saturated heterocycles. The SMILES string of the molecule is C=CCNC(=O)CCC/C=C\Cc1ccccccccc1OC. The van der Waals surface area contributed by atoms with Gasteiger partial charge >= 0.3 is 0 Å². The van der Waals surface area contributed by atoms with Crippen LogP contribution in [0.15, 0.2) is 73.3 Å². The van der Waals surface area contributed by atoms with Gasteiger partial charge in [0.25, 0.3) is 0 Å². The van der Waals surface area contributed by atoms with E-state index < -0.39 is 0 Å². The first-order valence-corrected chi connectivity index (χ1v) is 8.25. The third kappa shape index (κ3) is 8.79. The maximum atomic E-state index is 11.5. The van der Waals surface area contributed by atoms with Crippen molar-refractivity contribution in [1.29, 1.82) is 0 Å². The minimum Gasteiger partial charge on any atom is -0.496 e. The van der Waals surface area contributed by atoms with Gasteiger partial charge in [-0.05, 0) is 30.9 Å². The molecule has 0 bridgehead atoms. The fourth-order valence-electron chi connectivity index (χ4n) is 2.11. The summed E-state index contributed by atoms with van der Waals surface area (Å²) < 4.78 is 5.47. The number of unbranched alkanes of at least 4 members (excludes halogenated alkanes) is 1. The van der Waals surface area contributed by atoms with Gasteiger partial charge in [-0.1, -0.05) is 60.7 Å². The van der Waals surface area contributed by atoms with E-state index in [2.05, 4.69) is 30.1 Å². The van der Waals surface area contributed by atoms with Crippen LogP contribution in [-0.4, -0.2) is 19.6 Å². The van der Waals surface area contributed by atoms with E-state index >= 15 is 0 Å². The topological polar surface area (TPSA) is 38.3 Å². The molecule has 1 amide bonds. The lowest BCUT2D eigenvalue weighted by Gasteiger charge is -2.03. The van der Waals surface area contributed by atoms with Gasteiger partial charge in [-0.3, -0.25) is 4.79 Å². The van der Waals surface area contributed by atoms with Gasteiger partial charge in [0.05, 0.1) is 7.11 Å². The highest BCUT2D eigenvalue weighted by atomic mass is 16.5. The second-order valence-electron chi connectivity index (χ2n) is 5.24. The minimum atomic E-state index is 0.0768. The first-order valence-electron chi connectivity index (χ1n) is 8.25. The fraction of sp³-hybridized carbons (Fsp3) is 0.286. The van der Waals surface area contributed by atoms with Crippen molar-refractivity contribution < 1.29 is 9.53 Å². The highest BCUT2D eigenvalue weighted by Crippen LogP contribution is 2.16. The van der Waals surface area contributed by atoms with Crippen molar-refractivity contribution in [2.24, 2.45) is 0 Å². The van der Waals surface area contributed by atoms with E-state index in [4.69, 9.17) is 4.74 Å². The van der Waals surface area contributed by atoms with Crippen molar-refractivity contribution in [2.75, 3.05) is 13.7 Å². The Kier molecular flexibility index (Phi) is 10.5. The molecule has 0 spiro atoms. The zero-order chi connectivity index (χ0) is 17.5. The molecule has 0 heterocycles. The van der Waals surface area contributed by atoms with Crippen molar-refractivity contribution in [1.82, 2.24) is 5.32 Å². The molecule has 0 fully saturated rings. The van der Waals surface area contributed by atoms with Crippen LogP contribution in [0.3, 0.4) is 0 Å². The standard InChI is InChI=1S/C21H27NO2/c1-3-18-22-21(23)17-13-9-8-11-15-19-14-10-6-4-5-7-12-16-20(19)24-2/h3-8,10-12,14,16H,1,9,13,15,17-18H2,2H3,(H,22,23)/b5-4?,6-4?,7-5?,10-6?,11-8-,12-7?,14-10?,16-12?,19-14?,20-16?,20-19?. The lowest BCUT2D eigenvalue weighted by molar-refractivity contribution is -0.120. The van der Waals surface area contributed by atoms with E-state index in [0.717, 1.165) is 30.6 Å². The molecule has 3 nitrogen and oxygen atoms in total. The molecule has 24 heavy (non-hydrogen) atoms. The van der Waals surface area contributed by atoms with Crippen molar-refractivity contribution in [3.05, 3.63) is 78.9 Å². The number of allylic oxidation sites excluding steroid dienone is 2. The van der Waals surface area contributed by atoms with Crippen LogP contribution in [0.5, 0.6) is 5.75 Å². The molecule has 0 aliphatic carbocycles. The van der Waals surface area contributed by atoms with Crippen LogP contribution in [0, 0.1) is 0 Å². The van der Waals surface area contributed by atoms with E-state index in [9.17, 15) is 4.79 Å². The summed E-state index contributed by atoms with van der Waals surface area (Å²) in [6, 6.07) is 15.9. The summed E-state index contributed by atoms with van der Waals surface area (Å²) in [5.74, 6) is 0.938. The molecule has 1 aromatic carbocycles. The van der Waals surface area contributed by atoms with Crippen molar-refractivity contribution in [2.45, 2.75) is 25.7 Å². The zero-order valence-electron chi connectivity index (χ0n) is 14.4. The third-order valence-electron chi connectivity index (χ3n) is 3.36. The van der Waals surface area contributed by atoms with Crippen LogP contribution < -0.4 is 10.1 Å². The van der Waals surface area contributed by atoms with Crippen LogP contribution >= 0.6 is 0 Å². The number of hydrogen-bond acceptors (Lipinski definition) is 2. The molecule has 0 aliphatic rings. The lowest BCUT2D eigenvalue weighted by Crippen LogP contribution is -2.22. The van der Waals surface area contributed by atoms with Crippen molar-refractivity contribution in [3.63, 3.8) is 0 Å². The number of nitrogens with one attached hydrogen (secondary N) is 1. The first kappa shape index (κ1) is 19.5. The first-order chi connectivity index (χ1) is 11.8. The number of rotatable bonds is 9. The summed E-state index contributed by atoms with van der Waals surface area (Å²) in [4.78, 5) is 11.5. The van der Waals surface area contributed by atoms with Gasteiger partial charge in [-0.15, -0.1) is 6.58 Å². The Morgan fingerprint density at radius 1 is 1.12 bits per heavy atom. The summed E-state index contributed by atoms with van der Waals surface area (Å²) in [7, 11) is 1.68. The van der Waals surface area contributed by atoms with Gasteiger partial charge in [-0.25, -0.2) is 0 Å². The quantitative estimate of drug-likeness (QED) is 0.540. The maximum absolute atomic E-state index is 11.5. The Morgan fingerprint density at radius 2 is 1.83 bits per heavy atom. The van der Waals surface area contributed by atoms with Crippen LogP contribution in [0.1, 0.15) is 24.8 Å². The smallest absolute Gasteiger partial charge is 0.220 e. The van der Waals surface area contributed by atoms with Crippen LogP contribution in [0.4, 0.5) is 0 Å². The van der Waals surface area contributed by atoms with E-state index in [1.54, 1.807) is 13.2 Å². The molecule has 0 aliphatic heterocycles. The molecule has 1 rings (SSSR count). The Morgan fingerprint density at radius 3 is 2.54 bits per heavy atom. The molecular weight excluding hydrogens is 298 g/mol. The summed E-state index contributed by atoms with van der Waals surface area (Å²) >= 11 is 0. The molecule has 0 radical (unpaired) electrons. The normalized spacial score (nSPS) is 10.0. The molecule has 1 N–H and O–H groups in total. The molecule has 0 unspecified atom stereocenters. The molecule has 128 valence electrons. The van der Waals surface area contributed by atoms with E-state index in [1.165, 1.54) is 0 Å². The van der Waals surface area contributed by atoms with Crippen LogP contribution in [-0.2, 0) is 11.2 Å². The highest BCUT2D eigenvalue weighted by molar-refractivity contribution is 5.75. The molecular formula is C21H27NO2. The number of ether oxygens (including phenoxy) is 1. The number of carbonyl (C=O) groups is 1. The van der Waals surface area contributed by atoms with Crippen molar-refractivity contribution in [3.8, 4) is 5.75 Å². The Labute approximate surface area is 145 Å². The van der Waals surface area contributed by atoms with E-state index in [0.29, 0.717) is 13.0 Å². The summed E-state index contributed by atoms with van der Waals surface area (Å²) in [6.07, 6.45) is 9.00. The number of amides is 1. The van der Waals surface area contributed by atoms with E-state index in [-0.39, 0.29) is 5.91 Å². The summed E-state index contributed by atoms with van der Waals surface area (Å²) in [6.45, 7) is 4.11. The van der Waals surface area contributed by atoms with Gasteiger partial charge < -0.3 is 10.1 Å². The number of methoxy groups -OCH3 is 1. The van der Waals surface area contributed by atoms with Gasteiger partial charge in [-0.2, -0.15) is 0 Å². The van der Waals surface area contributed by atoms with Gasteiger partial charge in [0, 0.05) is 13.0 Å². The predicted octanol–water partition coefficient (Wildman–Crippen LogP) is 4.39. The average Bonchev–Trinajstić information content (AvgIpc) is 2.60. The second-order valence-corrected chi connectivity index (χ2v) is 5.24. The predicted molar refractivity (Wildman–Crippen MR) is 101 cm³/mol. The van der Waals surface area contributed by atoms with Gasteiger partial charge in [0.1, 0.15) is 5.75 Å². The second kappa shape index (κ2) is 12.9. The molecule has 3 heteroatoms. The number of carbonyl (C=O) groups excluding carboxylic acids is 1. The monoisotopic (exact) mass is 325 g/mol. The van der Waals surface area contributed by atoms with Crippen LogP contribution in [0.25, 0.3) is 0 Å². The Balaban J connectivity index is 2.54. The lowest BCUT2D eigenvalue weighted by atomic mass is 10.1. The number of hydrogen-bond donors (Lipinski definition) is 1. The van der Waals surface area contributed by atoms with Gasteiger partial charge in [0.15, 0.2) is 0 Å². The van der Waals surface area contributed by atoms with Gasteiger partial charge in [0.2, 0.25) is 5.91 Å². The zero-order valence-corrected chi connectivity index (χ0v) is 14.4. The molecule has 0 aromatic heterocycles. The molecule has 1 aromatic rings. The summed E-state index contributed by atoms with van der Waals surface area (Å²) in [5.41, 5.74) is 1.12. The fourth-order valence-corrected chi connectivity index (χ4v) is 2.11. The molecule has 0 saturated carbocycles. The van der Waals surface area contributed by atoms with Crippen molar-refractivity contribution >= 4 is 5.91 Å². The molecule has 0 atom stereocenters. The highest BCUT2D eigenvalue weighted by Gasteiger charge is 1.98. The van der Waals surface area contributed by atoms with E-state index in [1.807, 2.05) is 42.5 Å². The maximum Gasteiger partial charge on any atom is 0.220 e. The summed E-state index contributed by atoms with van der Waals surface area (Å²) in [5, 5.41) is 2.78. The minimum absolute atomic E-state index is 0.0768. The largest absolute Gasteiger partial charge is 0.496 e. The Hall–Kier alpha value is -2.55. The van der Waals surface area contributed by atoms with Crippen LogP contribution in [0.2, 0.25) is 0 Å². The average molecular weight is 325 g/mol. The Bertz CT molecular complexity index is 592. The third-order valence-corrected chi connectivity index (χ3v) is 3.36.